The molecule has 20 heavy (non-hydrogen) atoms. The third kappa shape index (κ3) is 3.08. The van der Waals surface area contributed by atoms with Gasteiger partial charge in [0.25, 0.3) is 0 Å². The first-order chi connectivity index (χ1) is 9.29. The van der Waals surface area contributed by atoms with Crippen LogP contribution >= 0.6 is 0 Å². The Labute approximate surface area is 119 Å². The Bertz CT molecular complexity index is 733. The van der Waals surface area contributed by atoms with Crippen LogP contribution in [-0.2, 0) is 9.84 Å². The van der Waals surface area contributed by atoms with Gasteiger partial charge in [-0.15, -0.1) is 0 Å². The van der Waals surface area contributed by atoms with Crippen molar-refractivity contribution in [3.63, 3.8) is 0 Å². The first kappa shape index (κ1) is 14.8. The second kappa shape index (κ2) is 5.38. The molecule has 0 aliphatic heterocycles. The summed E-state index contributed by atoms with van der Waals surface area (Å²) in [5.74, 6) is 0. The summed E-state index contributed by atoms with van der Waals surface area (Å²) in [6.45, 7) is 3.89. The zero-order chi connectivity index (χ0) is 14.9. The Morgan fingerprint density at radius 3 is 2.40 bits per heavy atom. The second-order valence-corrected chi connectivity index (χ2v) is 7.12. The van der Waals surface area contributed by atoms with Crippen molar-refractivity contribution in [2.75, 3.05) is 6.26 Å². The van der Waals surface area contributed by atoms with Crippen LogP contribution in [0.15, 0.2) is 47.4 Å². The van der Waals surface area contributed by atoms with E-state index in [-0.39, 0.29) is 4.90 Å². The van der Waals surface area contributed by atoms with Gasteiger partial charge in [0.1, 0.15) is 6.10 Å². The molecule has 1 unspecified atom stereocenters. The molecular weight excluding hydrogens is 272 g/mol. The Morgan fingerprint density at radius 1 is 1.05 bits per heavy atom. The lowest BCUT2D eigenvalue weighted by molar-refractivity contribution is 0.219. The molecule has 0 spiro atoms. The molecule has 3 nitrogen and oxygen atoms in total. The summed E-state index contributed by atoms with van der Waals surface area (Å²) in [6.07, 6.45) is 0.341. The van der Waals surface area contributed by atoms with Gasteiger partial charge in [0, 0.05) is 6.26 Å². The lowest BCUT2D eigenvalue weighted by Gasteiger charge is -2.15. The van der Waals surface area contributed by atoms with Crippen molar-refractivity contribution >= 4 is 9.84 Å². The average Bonchev–Trinajstić information content (AvgIpc) is 2.40. The lowest BCUT2D eigenvalue weighted by Crippen LogP contribution is -2.04. The highest BCUT2D eigenvalue weighted by atomic mass is 32.2. The molecule has 0 fully saturated rings. The molecule has 0 saturated heterocycles. The third-order valence-electron chi connectivity index (χ3n) is 3.33. The highest BCUT2D eigenvalue weighted by molar-refractivity contribution is 7.90. The molecule has 0 aliphatic carbocycles. The summed E-state index contributed by atoms with van der Waals surface area (Å²) in [4.78, 5) is 0.222. The molecule has 0 radical (unpaired) electrons. The predicted molar refractivity (Wildman–Crippen MR) is 79.5 cm³/mol. The van der Waals surface area contributed by atoms with Crippen LogP contribution in [0.5, 0.6) is 0 Å². The summed E-state index contributed by atoms with van der Waals surface area (Å²) >= 11 is 0. The number of hydrogen-bond acceptors (Lipinski definition) is 3. The molecule has 106 valence electrons. The van der Waals surface area contributed by atoms with E-state index in [2.05, 4.69) is 0 Å². The first-order valence-electron chi connectivity index (χ1n) is 6.34. The van der Waals surface area contributed by atoms with E-state index < -0.39 is 15.9 Å². The zero-order valence-corrected chi connectivity index (χ0v) is 12.6. The maximum atomic E-state index is 11.6. The number of hydrogen-bond donors (Lipinski definition) is 1. The van der Waals surface area contributed by atoms with Gasteiger partial charge < -0.3 is 5.11 Å². The Hall–Kier alpha value is -1.65. The molecule has 1 N–H and O–H groups in total. The van der Waals surface area contributed by atoms with E-state index in [0.717, 1.165) is 22.9 Å². The molecule has 0 heterocycles. The summed E-state index contributed by atoms with van der Waals surface area (Å²) < 4.78 is 23.2. The van der Waals surface area contributed by atoms with Crippen molar-refractivity contribution in [1.82, 2.24) is 0 Å². The van der Waals surface area contributed by atoms with Gasteiger partial charge in [0.2, 0.25) is 0 Å². The van der Waals surface area contributed by atoms with Crippen molar-refractivity contribution in [1.29, 1.82) is 0 Å². The minimum Gasteiger partial charge on any atom is -0.384 e. The molecule has 2 aromatic rings. The van der Waals surface area contributed by atoms with E-state index >= 15 is 0 Å². The van der Waals surface area contributed by atoms with Crippen LogP contribution in [0.3, 0.4) is 0 Å². The topological polar surface area (TPSA) is 54.4 Å². The van der Waals surface area contributed by atoms with Crippen molar-refractivity contribution in [2.45, 2.75) is 24.8 Å². The Balaban J connectivity index is 2.48. The second-order valence-electron chi connectivity index (χ2n) is 5.11. The molecule has 0 aliphatic rings. The van der Waals surface area contributed by atoms with E-state index in [1.54, 1.807) is 12.1 Å². The van der Waals surface area contributed by atoms with E-state index in [4.69, 9.17) is 0 Å². The van der Waals surface area contributed by atoms with E-state index in [1.807, 2.05) is 32.0 Å². The van der Waals surface area contributed by atoms with Crippen molar-refractivity contribution < 1.29 is 13.5 Å². The van der Waals surface area contributed by atoms with Crippen LogP contribution < -0.4 is 0 Å². The van der Waals surface area contributed by atoms with Crippen LogP contribution in [0, 0.1) is 13.8 Å². The number of aliphatic hydroxyl groups is 1. The van der Waals surface area contributed by atoms with E-state index in [1.165, 1.54) is 12.1 Å². The zero-order valence-electron chi connectivity index (χ0n) is 11.8. The molecular formula is C16H18O3S. The fraction of sp³-hybridized carbons (Fsp3) is 0.250. The van der Waals surface area contributed by atoms with E-state index in [9.17, 15) is 13.5 Å². The minimum absolute atomic E-state index is 0.222. The van der Waals surface area contributed by atoms with Crippen molar-refractivity contribution in [3.8, 4) is 0 Å². The minimum atomic E-state index is -3.27. The van der Waals surface area contributed by atoms with Gasteiger partial charge >= 0.3 is 0 Å². The summed E-state index contributed by atoms with van der Waals surface area (Å²) in [7, 11) is -3.27. The van der Waals surface area contributed by atoms with E-state index in [0.29, 0.717) is 5.56 Å². The molecule has 0 saturated carbocycles. The maximum absolute atomic E-state index is 11.6. The largest absolute Gasteiger partial charge is 0.384 e. The Kier molecular flexibility index (Phi) is 3.97. The number of sulfone groups is 1. The summed E-state index contributed by atoms with van der Waals surface area (Å²) in [6, 6.07) is 12.3. The maximum Gasteiger partial charge on any atom is 0.175 e. The van der Waals surface area contributed by atoms with Crippen LogP contribution in [0.4, 0.5) is 0 Å². The van der Waals surface area contributed by atoms with Gasteiger partial charge in [-0.2, -0.15) is 0 Å². The highest BCUT2D eigenvalue weighted by Crippen LogP contribution is 2.27. The standard InChI is InChI=1S/C16H18O3S/c1-11-7-8-12(2)15(9-11)16(17)13-5-4-6-14(10-13)20(3,18)19/h4-10,16-17H,1-3H3. The number of rotatable bonds is 3. The fourth-order valence-electron chi connectivity index (χ4n) is 2.15. The number of aryl methyl sites for hydroxylation is 2. The molecule has 0 bridgehead atoms. The van der Waals surface area contributed by atoms with Gasteiger partial charge in [-0.3, -0.25) is 0 Å². The highest BCUT2D eigenvalue weighted by Gasteiger charge is 2.15. The number of aliphatic hydroxyl groups excluding tert-OH is 1. The van der Waals surface area contributed by atoms with Gasteiger partial charge in [-0.25, -0.2) is 8.42 Å². The molecule has 1 atom stereocenters. The number of benzene rings is 2. The van der Waals surface area contributed by atoms with Crippen molar-refractivity contribution in [2.24, 2.45) is 0 Å². The molecule has 2 aromatic carbocycles. The monoisotopic (exact) mass is 290 g/mol. The molecule has 0 amide bonds. The van der Waals surface area contributed by atoms with Crippen LogP contribution in [0.1, 0.15) is 28.4 Å². The summed E-state index contributed by atoms with van der Waals surface area (Å²) in [5, 5.41) is 10.5. The normalized spacial score (nSPS) is 13.2. The van der Waals surface area contributed by atoms with Crippen LogP contribution in [0.2, 0.25) is 0 Å². The van der Waals surface area contributed by atoms with Gasteiger partial charge in [-0.1, -0.05) is 35.9 Å². The van der Waals surface area contributed by atoms with Gasteiger partial charge in [-0.05, 0) is 42.7 Å². The SMILES string of the molecule is Cc1ccc(C)c(C(O)c2cccc(S(C)(=O)=O)c2)c1. The van der Waals surface area contributed by atoms with Crippen LogP contribution in [-0.4, -0.2) is 19.8 Å². The lowest BCUT2D eigenvalue weighted by atomic mass is 9.96. The fourth-order valence-corrected chi connectivity index (χ4v) is 2.83. The molecule has 4 heteroatoms. The van der Waals surface area contributed by atoms with Gasteiger partial charge in [0.05, 0.1) is 4.90 Å². The van der Waals surface area contributed by atoms with Gasteiger partial charge in [0.15, 0.2) is 9.84 Å². The molecule has 2 rings (SSSR count). The molecule has 0 aromatic heterocycles. The first-order valence-corrected chi connectivity index (χ1v) is 8.23. The smallest absolute Gasteiger partial charge is 0.175 e. The van der Waals surface area contributed by atoms with Crippen molar-refractivity contribution in [3.05, 3.63) is 64.7 Å². The summed E-state index contributed by atoms with van der Waals surface area (Å²) in [5.41, 5.74) is 3.43. The predicted octanol–water partition coefficient (Wildman–Crippen LogP) is 2.79. The van der Waals surface area contributed by atoms with Crippen LogP contribution in [0.25, 0.3) is 0 Å². The average molecular weight is 290 g/mol. The quantitative estimate of drug-likeness (QED) is 0.945. The Morgan fingerprint density at radius 2 is 1.75 bits per heavy atom. The third-order valence-corrected chi connectivity index (χ3v) is 4.44.